The van der Waals surface area contributed by atoms with Crippen LogP contribution in [0.25, 0.3) is 11.0 Å². The van der Waals surface area contributed by atoms with Gasteiger partial charge in [-0.05, 0) is 48.5 Å². The molecule has 1 aromatic heterocycles. The van der Waals surface area contributed by atoms with Crippen molar-refractivity contribution in [2.24, 2.45) is 11.3 Å². The third-order valence-corrected chi connectivity index (χ3v) is 7.80. The fourth-order valence-corrected chi connectivity index (χ4v) is 6.50. The minimum Gasteiger partial charge on any atom is -0.461 e. The van der Waals surface area contributed by atoms with Gasteiger partial charge < -0.3 is 23.9 Å². The van der Waals surface area contributed by atoms with Gasteiger partial charge >= 0.3 is 19.8 Å². The minimum atomic E-state index is -5.43. The number of fused-ring (bicyclic) bond motifs is 5. The van der Waals surface area contributed by atoms with E-state index in [0.29, 0.717) is 24.2 Å². The molecule has 5 nitrogen and oxygen atoms in total. The van der Waals surface area contributed by atoms with Crippen molar-refractivity contribution in [1.82, 2.24) is 0 Å². The van der Waals surface area contributed by atoms with E-state index in [4.69, 9.17) is 4.42 Å². The molecule has 3 atom stereocenters. The number of ether oxygens (including phenoxy) is 2. The Kier molecular flexibility index (Phi) is 6.11. The molecule has 2 aliphatic rings. The van der Waals surface area contributed by atoms with Crippen molar-refractivity contribution in [1.29, 1.82) is 0 Å². The average molecular weight is 508 g/mol. The zero-order chi connectivity index (χ0) is 26.1. The minimum absolute atomic E-state index is 0.0656. The molecule has 12 heteroatoms. The maximum atomic E-state index is 13.2. The van der Waals surface area contributed by atoms with Crippen LogP contribution in [0.5, 0.6) is 11.5 Å². The summed E-state index contributed by atoms with van der Waals surface area (Å²) in [7, 11) is -2.62. The zero-order valence-electron chi connectivity index (χ0n) is 19.7. The van der Waals surface area contributed by atoms with Gasteiger partial charge in [0.1, 0.15) is 11.3 Å². The van der Waals surface area contributed by atoms with Crippen LogP contribution >= 0.6 is 0 Å². The maximum absolute atomic E-state index is 13.2. The summed E-state index contributed by atoms with van der Waals surface area (Å²) in [6, 6.07) is 0.820. The fraction of sp³-hybridized carbons (Fsp3) is 0.652. The van der Waals surface area contributed by atoms with Gasteiger partial charge in [-0.25, -0.2) is 0 Å². The zero-order valence-corrected chi connectivity index (χ0v) is 19.7. The van der Waals surface area contributed by atoms with E-state index in [0.717, 1.165) is 25.3 Å². The third kappa shape index (κ3) is 4.59. The molecule has 1 saturated carbocycles. The van der Waals surface area contributed by atoms with E-state index in [2.05, 4.69) is 23.3 Å². The molecule has 2 aromatic rings. The SMILES string of the molecule is CC1CCC2C(C)(C)CCCC2(C)c2c1oc1c(B(O)O)c(OC(F)(F)F)c(OC(F)(F)F)cc21. The highest BCUT2D eigenvalue weighted by Gasteiger charge is 2.52. The Bertz CT molecular complexity index is 1120. The van der Waals surface area contributed by atoms with Crippen LogP contribution in [-0.4, -0.2) is 29.9 Å². The first kappa shape index (κ1) is 26.0. The van der Waals surface area contributed by atoms with Gasteiger partial charge in [0.2, 0.25) is 0 Å². The van der Waals surface area contributed by atoms with Crippen molar-refractivity contribution < 1.29 is 50.3 Å². The van der Waals surface area contributed by atoms with Crippen LogP contribution in [0, 0.1) is 11.3 Å². The van der Waals surface area contributed by atoms with E-state index in [1.54, 1.807) is 0 Å². The first-order valence-electron chi connectivity index (χ1n) is 11.5. The molecule has 0 saturated heterocycles. The van der Waals surface area contributed by atoms with Crippen molar-refractivity contribution >= 4 is 23.6 Å². The summed E-state index contributed by atoms with van der Waals surface area (Å²) in [5.41, 5.74) is -1.39. The topological polar surface area (TPSA) is 72.1 Å². The van der Waals surface area contributed by atoms with Crippen LogP contribution in [0.3, 0.4) is 0 Å². The van der Waals surface area contributed by atoms with Crippen molar-refractivity contribution in [2.75, 3.05) is 0 Å². The lowest BCUT2D eigenvalue weighted by atomic mass is 9.53. The van der Waals surface area contributed by atoms with E-state index >= 15 is 0 Å². The quantitative estimate of drug-likeness (QED) is 0.400. The molecule has 2 aliphatic carbocycles. The van der Waals surface area contributed by atoms with Crippen LogP contribution in [0.2, 0.25) is 0 Å². The Morgan fingerprint density at radius 2 is 1.63 bits per heavy atom. The highest BCUT2D eigenvalue weighted by Crippen LogP contribution is 2.60. The lowest BCUT2D eigenvalue weighted by molar-refractivity contribution is -0.287. The Balaban J connectivity index is 2.10. The summed E-state index contributed by atoms with van der Waals surface area (Å²) in [6.07, 6.45) is -6.75. The second-order valence-electron chi connectivity index (χ2n) is 10.6. The average Bonchev–Trinajstić information content (AvgIpc) is 2.99. The Hall–Kier alpha value is -2.08. The van der Waals surface area contributed by atoms with Gasteiger partial charge in [0.05, 0.1) is 5.46 Å². The number of alkyl halides is 6. The number of benzene rings is 1. The van der Waals surface area contributed by atoms with Crippen LogP contribution < -0.4 is 14.9 Å². The van der Waals surface area contributed by atoms with E-state index in [1.165, 1.54) is 0 Å². The lowest BCUT2D eigenvalue weighted by Gasteiger charge is -2.50. The largest absolute Gasteiger partial charge is 0.573 e. The Morgan fingerprint density at radius 3 is 2.20 bits per heavy atom. The van der Waals surface area contributed by atoms with Crippen molar-refractivity contribution in [3.05, 3.63) is 17.4 Å². The summed E-state index contributed by atoms with van der Waals surface area (Å²) in [4.78, 5) is 0. The summed E-state index contributed by atoms with van der Waals surface area (Å²) in [6.45, 7) is 8.17. The molecule has 0 radical (unpaired) electrons. The normalized spacial score (nSPS) is 26.6. The van der Waals surface area contributed by atoms with Gasteiger partial charge in [-0.3, -0.25) is 0 Å². The molecule has 0 aliphatic heterocycles. The number of hydrogen-bond donors (Lipinski definition) is 2. The molecule has 194 valence electrons. The number of hydrogen-bond acceptors (Lipinski definition) is 5. The highest BCUT2D eigenvalue weighted by molar-refractivity contribution is 6.63. The molecular formula is C23H27BF6O5. The second kappa shape index (κ2) is 8.23. The number of halogens is 6. The number of furan rings is 1. The molecule has 35 heavy (non-hydrogen) atoms. The van der Waals surface area contributed by atoms with E-state index in [9.17, 15) is 36.4 Å². The molecule has 2 N–H and O–H groups in total. The van der Waals surface area contributed by atoms with Crippen LogP contribution in [0.4, 0.5) is 26.3 Å². The molecule has 3 unspecified atom stereocenters. The molecule has 4 rings (SSSR count). The van der Waals surface area contributed by atoms with Gasteiger partial charge in [0.25, 0.3) is 0 Å². The predicted molar refractivity (Wildman–Crippen MR) is 116 cm³/mol. The van der Waals surface area contributed by atoms with Gasteiger partial charge in [0.15, 0.2) is 11.5 Å². The van der Waals surface area contributed by atoms with Crippen LogP contribution in [-0.2, 0) is 5.41 Å². The molecular weight excluding hydrogens is 481 g/mol. The van der Waals surface area contributed by atoms with Crippen molar-refractivity contribution in [3.8, 4) is 11.5 Å². The van der Waals surface area contributed by atoms with E-state index in [1.807, 2.05) is 13.8 Å². The summed E-state index contributed by atoms with van der Waals surface area (Å²) in [5.74, 6) is -2.47. The fourth-order valence-electron chi connectivity index (χ4n) is 6.50. The van der Waals surface area contributed by atoms with Crippen molar-refractivity contribution in [2.45, 2.75) is 83.9 Å². The predicted octanol–water partition coefficient (Wildman–Crippen LogP) is 5.89. The lowest BCUT2D eigenvalue weighted by Crippen LogP contribution is -2.44. The van der Waals surface area contributed by atoms with Crippen LogP contribution in [0.1, 0.15) is 77.0 Å². The number of rotatable bonds is 3. The maximum Gasteiger partial charge on any atom is 0.573 e. The van der Waals surface area contributed by atoms with E-state index < -0.39 is 42.2 Å². The molecule has 0 bridgehead atoms. The van der Waals surface area contributed by atoms with E-state index in [-0.39, 0.29) is 28.2 Å². The molecule has 1 heterocycles. The van der Waals surface area contributed by atoms with Gasteiger partial charge in [-0.2, -0.15) is 0 Å². The van der Waals surface area contributed by atoms with Crippen molar-refractivity contribution in [3.63, 3.8) is 0 Å². The summed E-state index contributed by atoms with van der Waals surface area (Å²) < 4.78 is 92.9. The smallest absolute Gasteiger partial charge is 0.461 e. The molecule has 0 spiro atoms. The van der Waals surface area contributed by atoms with Gasteiger partial charge in [-0.1, -0.05) is 34.1 Å². The first-order chi connectivity index (χ1) is 15.9. The molecule has 0 amide bonds. The summed E-state index contributed by atoms with van der Waals surface area (Å²) in [5, 5.41) is 20.1. The standard InChI is InChI=1S/C23H27BF6O5/c1-11-6-7-14-20(2,3)8-5-9-21(14,4)15-12-10-13(34-22(25,26)27)19(35-23(28,29)30)16(24(31)32)18(12)33-17(11)15/h10-11,14,31-32H,5-9H2,1-4H3. The monoisotopic (exact) mass is 508 g/mol. The second-order valence-corrected chi connectivity index (χ2v) is 10.6. The van der Waals surface area contributed by atoms with Gasteiger partial charge in [-0.15, -0.1) is 26.3 Å². The first-order valence-corrected chi connectivity index (χ1v) is 11.5. The Labute approximate surface area is 198 Å². The third-order valence-electron chi connectivity index (χ3n) is 7.80. The molecule has 1 aromatic carbocycles. The Morgan fingerprint density at radius 1 is 1.00 bits per heavy atom. The summed E-state index contributed by atoms with van der Waals surface area (Å²) >= 11 is 0. The van der Waals surface area contributed by atoms with Crippen LogP contribution in [0.15, 0.2) is 10.5 Å². The molecule has 1 fully saturated rings. The van der Waals surface area contributed by atoms with Gasteiger partial charge in [0, 0.05) is 16.9 Å². The highest BCUT2D eigenvalue weighted by atomic mass is 19.4.